The highest BCUT2D eigenvalue weighted by Gasteiger charge is 2.33. The van der Waals surface area contributed by atoms with E-state index in [0.717, 1.165) is 36.2 Å². The largest absolute Gasteiger partial charge is 0.458 e. The van der Waals surface area contributed by atoms with Gasteiger partial charge in [0.25, 0.3) is 0 Å². The molecule has 1 N–H and O–H groups in total. The number of fused-ring (bicyclic) bond motifs is 1. The molecule has 3 heteroatoms. The number of para-hydroxylation sites is 1. The summed E-state index contributed by atoms with van der Waals surface area (Å²) in [7, 11) is 0. The van der Waals surface area contributed by atoms with Crippen LogP contribution in [0.25, 0.3) is 11.0 Å². The summed E-state index contributed by atoms with van der Waals surface area (Å²) < 4.78 is 12.1. The van der Waals surface area contributed by atoms with Crippen LogP contribution in [0.4, 0.5) is 0 Å². The molecule has 1 aliphatic rings. The van der Waals surface area contributed by atoms with Crippen molar-refractivity contribution in [2.75, 3.05) is 13.1 Å². The van der Waals surface area contributed by atoms with E-state index in [-0.39, 0.29) is 11.7 Å². The summed E-state index contributed by atoms with van der Waals surface area (Å²) in [4.78, 5) is 0. The molecule has 1 aliphatic heterocycles. The van der Waals surface area contributed by atoms with Crippen LogP contribution in [0.2, 0.25) is 0 Å². The lowest BCUT2D eigenvalue weighted by Crippen LogP contribution is -2.48. The molecule has 2 heterocycles. The van der Waals surface area contributed by atoms with E-state index in [1.54, 1.807) is 0 Å². The molecule has 2 atom stereocenters. The fourth-order valence-corrected chi connectivity index (χ4v) is 2.42. The Labute approximate surface area is 107 Å². The van der Waals surface area contributed by atoms with E-state index in [1.807, 2.05) is 18.2 Å². The van der Waals surface area contributed by atoms with Crippen molar-refractivity contribution < 1.29 is 9.15 Å². The van der Waals surface area contributed by atoms with E-state index in [2.05, 4.69) is 31.3 Å². The van der Waals surface area contributed by atoms with E-state index >= 15 is 0 Å². The van der Waals surface area contributed by atoms with Crippen LogP contribution in [0.15, 0.2) is 34.7 Å². The van der Waals surface area contributed by atoms with Gasteiger partial charge in [0.2, 0.25) is 0 Å². The molecule has 0 aliphatic carbocycles. The summed E-state index contributed by atoms with van der Waals surface area (Å²) in [6.45, 7) is 6.02. The van der Waals surface area contributed by atoms with Gasteiger partial charge < -0.3 is 14.5 Å². The molecule has 1 fully saturated rings. The van der Waals surface area contributed by atoms with Crippen molar-refractivity contribution in [2.45, 2.75) is 32.0 Å². The van der Waals surface area contributed by atoms with Crippen LogP contribution in [0.1, 0.15) is 32.1 Å². The number of hydrogen-bond acceptors (Lipinski definition) is 3. The predicted molar refractivity (Wildman–Crippen MR) is 71.6 cm³/mol. The molecule has 0 amide bonds. The summed E-state index contributed by atoms with van der Waals surface area (Å²) in [5, 5.41) is 4.57. The highest BCUT2D eigenvalue weighted by Crippen LogP contribution is 2.32. The zero-order chi connectivity index (χ0) is 12.6. The van der Waals surface area contributed by atoms with Crippen molar-refractivity contribution in [1.29, 1.82) is 0 Å². The van der Waals surface area contributed by atoms with Crippen LogP contribution < -0.4 is 5.32 Å². The summed E-state index contributed by atoms with van der Waals surface area (Å²) in [6, 6.07) is 10.2. The van der Waals surface area contributed by atoms with Crippen molar-refractivity contribution in [3.63, 3.8) is 0 Å². The summed E-state index contributed by atoms with van der Waals surface area (Å²) >= 11 is 0. The number of hydrogen-bond donors (Lipinski definition) is 1. The van der Waals surface area contributed by atoms with Crippen LogP contribution in [0, 0.1) is 0 Å². The summed E-state index contributed by atoms with van der Waals surface area (Å²) in [5.41, 5.74) is 0.835. The molecular formula is C15H19NO2. The number of furan rings is 1. The van der Waals surface area contributed by atoms with Crippen LogP contribution in [-0.2, 0) is 4.74 Å². The molecule has 0 saturated carbocycles. The third-order valence-corrected chi connectivity index (χ3v) is 3.77. The average Bonchev–Trinajstić information content (AvgIpc) is 2.83. The van der Waals surface area contributed by atoms with E-state index < -0.39 is 0 Å². The molecule has 0 spiro atoms. The first-order chi connectivity index (χ1) is 8.70. The Balaban J connectivity index is 1.89. The SMILES string of the molecule is CCC1(C)CNCC(c2cc3ccccc3o2)O1. The standard InChI is InChI=1S/C15H19NO2/c1-3-15(2)10-16-9-14(18-15)13-8-11-6-4-5-7-12(11)17-13/h4-8,14,16H,3,9-10H2,1-2H3. The molecule has 3 nitrogen and oxygen atoms in total. The second-order valence-corrected chi connectivity index (χ2v) is 5.23. The average molecular weight is 245 g/mol. The van der Waals surface area contributed by atoms with E-state index in [0.29, 0.717) is 0 Å². The Morgan fingerprint density at radius 3 is 3.00 bits per heavy atom. The molecule has 1 saturated heterocycles. The first-order valence-corrected chi connectivity index (χ1v) is 6.57. The molecule has 0 radical (unpaired) electrons. The summed E-state index contributed by atoms with van der Waals surface area (Å²) in [6.07, 6.45) is 1.01. The smallest absolute Gasteiger partial charge is 0.135 e. The third-order valence-electron chi connectivity index (χ3n) is 3.77. The molecule has 0 bridgehead atoms. The minimum absolute atomic E-state index is 0.0103. The molecule has 2 unspecified atom stereocenters. The lowest BCUT2D eigenvalue weighted by atomic mass is 10.0. The van der Waals surface area contributed by atoms with Gasteiger partial charge in [-0.3, -0.25) is 0 Å². The molecular weight excluding hydrogens is 226 g/mol. The van der Waals surface area contributed by atoms with Gasteiger partial charge in [0.1, 0.15) is 17.4 Å². The maximum absolute atomic E-state index is 6.18. The second kappa shape index (κ2) is 4.41. The fourth-order valence-electron chi connectivity index (χ4n) is 2.42. The number of nitrogens with one attached hydrogen (secondary N) is 1. The normalized spacial score (nSPS) is 28.7. The van der Waals surface area contributed by atoms with Gasteiger partial charge >= 0.3 is 0 Å². The maximum atomic E-state index is 6.18. The topological polar surface area (TPSA) is 34.4 Å². The molecule has 18 heavy (non-hydrogen) atoms. The van der Waals surface area contributed by atoms with E-state index in [1.165, 1.54) is 0 Å². The van der Waals surface area contributed by atoms with E-state index in [9.17, 15) is 0 Å². The van der Waals surface area contributed by atoms with Crippen LogP contribution in [0.3, 0.4) is 0 Å². The van der Waals surface area contributed by atoms with Gasteiger partial charge in [-0.25, -0.2) is 0 Å². The minimum atomic E-state index is -0.0953. The van der Waals surface area contributed by atoms with Crippen molar-refractivity contribution in [3.05, 3.63) is 36.1 Å². The zero-order valence-corrected chi connectivity index (χ0v) is 10.9. The number of ether oxygens (including phenoxy) is 1. The van der Waals surface area contributed by atoms with E-state index in [4.69, 9.17) is 9.15 Å². The molecule has 2 aromatic rings. The van der Waals surface area contributed by atoms with Gasteiger partial charge in [-0.05, 0) is 25.5 Å². The van der Waals surface area contributed by atoms with Gasteiger partial charge in [0.15, 0.2) is 0 Å². The highest BCUT2D eigenvalue weighted by molar-refractivity contribution is 5.77. The maximum Gasteiger partial charge on any atom is 0.135 e. The Morgan fingerprint density at radius 2 is 2.22 bits per heavy atom. The van der Waals surface area contributed by atoms with Crippen molar-refractivity contribution in [2.24, 2.45) is 0 Å². The van der Waals surface area contributed by atoms with Gasteiger partial charge in [0.05, 0.1) is 5.60 Å². The van der Waals surface area contributed by atoms with Gasteiger partial charge in [-0.2, -0.15) is 0 Å². The van der Waals surface area contributed by atoms with Crippen molar-refractivity contribution in [1.82, 2.24) is 5.32 Å². The van der Waals surface area contributed by atoms with Crippen molar-refractivity contribution >= 4 is 11.0 Å². The Bertz CT molecular complexity index is 515. The number of benzene rings is 1. The fraction of sp³-hybridized carbons (Fsp3) is 0.467. The molecule has 1 aromatic heterocycles. The van der Waals surface area contributed by atoms with Crippen LogP contribution in [0.5, 0.6) is 0 Å². The first-order valence-electron chi connectivity index (χ1n) is 6.57. The molecule has 1 aromatic carbocycles. The second-order valence-electron chi connectivity index (χ2n) is 5.23. The molecule has 96 valence electrons. The zero-order valence-electron chi connectivity index (χ0n) is 10.9. The van der Waals surface area contributed by atoms with Crippen LogP contribution in [-0.4, -0.2) is 18.7 Å². The minimum Gasteiger partial charge on any atom is -0.458 e. The highest BCUT2D eigenvalue weighted by atomic mass is 16.5. The quantitative estimate of drug-likeness (QED) is 0.881. The third kappa shape index (κ3) is 2.04. The molecule has 3 rings (SSSR count). The predicted octanol–water partition coefficient (Wildman–Crippen LogP) is 3.26. The lowest BCUT2D eigenvalue weighted by molar-refractivity contribution is -0.115. The number of rotatable bonds is 2. The van der Waals surface area contributed by atoms with Gasteiger partial charge in [0, 0.05) is 18.5 Å². The summed E-state index contributed by atoms with van der Waals surface area (Å²) in [5.74, 6) is 0.920. The first kappa shape index (κ1) is 11.8. The number of morpholine rings is 1. The van der Waals surface area contributed by atoms with Gasteiger partial charge in [-0.15, -0.1) is 0 Å². The van der Waals surface area contributed by atoms with Gasteiger partial charge in [-0.1, -0.05) is 25.1 Å². The Hall–Kier alpha value is -1.32. The Morgan fingerprint density at radius 1 is 1.39 bits per heavy atom. The Kier molecular flexibility index (Phi) is 2.88. The lowest BCUT2D eigenvalue weighted by Gasteiger charge is -2.37. The monoisotopic (exact) mass is 245 g/mol. The van der Waals surface area contributed by atoms with Crippen molar-refractivity contribution in [3.8, 4) is 0 Å². The van der Waals surface area contributed by atoms with Crippen LogP contribution >= 0.6 is 0 Å².